The van der Waals surface area contributed by atoms with Crippen LogP contribution >= 0.6 is 0 Å². The van der Waals surface area contributed by atoms with Gasteiger partial charge in [0.25, 0.3) is 0 Å². The third-order valence-electron chi connectivity index (χ3n) is 5.55. The Hall–Kier alpha value is -1.04. The van der Waals surface area contributed by atoms with Crippen LogP contribution in [0.4, 0.5) is 0 Å². The van der Waals surface area contributed by atoms with Crippen LogP contribution in [0, 0.1) is 34.5 Å². The topological polar surface area (TPSA) is 0 Å². The summed E-state index contributed by atoms with van der Waals surface area (Å²) in [5.74, 6) is 3.17. The molecule has 0 bridgehead atoms. The first-order valence-electron chi connectivity index (χ1n) is 5.65. The second-order valence-electron chi connectivity index (χ2n) is 5.46. The first-order valence-corrected chi connectivity index (χ1v) is 5.65. The van der Waals surface area contributed by atoms with E-state index in [1.54, 1.807) is 0 Å². The van der Waals surface area contributed by atoms with Gasteiger partial charge in [-0.3, -0.25) is 0 Å². The quantitative estimate of drug-likeness (QED) is 0.503. The molecule has 0 N–H and O–H groups in total. The van der Waals surface area contributed by atoms with Gasteiger partial charge in [0.1, 0.15) is 0 Å². The third-order valence-corrected chi connectivity index (χ3v) is 5.55. The Kier molecular flexibility index (Phi) is 0.690. The van der Waals surface area contributed by atoms with Crippen molar-refractivity contribution in [1.82, 2.24) is 0 Å². The second-order valence-corrected chi connectivity index (χ2v) is 5.46. The molecular formula is C14H12. The van der Waals surface area contributed by atoms with E-state index in [-0.39, 0.29) is 0 Å². The molecule has 0 nitrogen and oxygen atoms in total. The minimum absolute atomic E-state index is 0.528. The van der Waals surface area contributed by atoms with Gasteiger partial charge in [-0.2, -0.15) is 0 Å². The Morgan fingerprint density at radius 1 is 0.571 bits per heavy atom. The van der Waals surface area contributed by atoms with Gasteiger partial charge in [0.2, 0.25) is 0 Å². The van der Waals surface area contributed by atoms with E-state index in [1.165, 1.54) is 0 Å². The fourth-order valence-corrected chi connectivity index (χ4v) is 4.92. The summed E-state index contributed by atoms with van der Waals surface area (Å²) in [7, 11) is 0. The van der Waals surface area contributed by atoms with E-state index in [0.29, 0.717) is 10.8 Å². The van der Waals surface area contributed by atoms with Crippen molar-refractivity contribution in [1.29, 1.82) is 0 Å². The molecule has 1 fully saturated rings. The highest BCUT2D eigenvalue weighted by Crippen LogP contribution is 2.82. The van der Waals surface area contributed by atoms with Crippen LogP contribution < -0.4 is 0 Å². The lowest BCUT2D eigenvalue weighted by Crippen LogP contribution is -2.68. The average Bonchev–Trinajstić information content (AvgIpc) is 2.42. The molecule has 0 aromatic heterocycles. The molecule has 5 aliphatic carbocycles. The van der Waals surface area contributed by atoms with Gasteiger partial charge in [-0.15, -0.1) is 0 Å². The Morgan fingerprint density at radius 2 is 1.07 bits per heavy atom. The number of fused-ring (bicyclic) bond motifs is 1. The molecule has 0 aromatic carbocycles. The molecule has 6 unspecified atom stereocenters. The molecule has 0 heterocycles. The van der Waals surface area contributed by atoms with E-state index in [2.05, 4.69) is 48.6 Å². The zero-order valence-electron chi connectivity index (χ0n) is 7.93. The fourth-order valence-electron chi connectivity index (χ4n) is 4.92. The van der Waals surface area contributed by atoms with Crippen LogP contribution in [0.2, 0.25) is 0 Å². The summed E-state index contributed by atoms with van der Waals surface area (Å²) in [4.78, 5) is 0. The van der Waals surface area contributed by atoms with Crippen LogP contribution in [0.3, 0.4) is 0 Å². The van der Waals surface area contributed by atoms with Gasteiger partial charge in [-0.25, -0.2) is 0 Å². The Morgan fingerprint density at radius 3 is 1.43 bits per heavy atom. The zero-order chi connectivity index (χ0) is 8.97. The molecule has 1 saturated carbocycles. The van der Waals surface area contributed by atoms with E-state index in [4.69, 9.17) is 0 Å². The first-order chi connectivity index (χ1) is 6.89. The largest absolute Gasteiger partial charge is 0.0832 e. The molecule has 0 amide bonds. The van der Waals surface area contributed by atoms with Crippen LogP contribution in [-0.2, 0) is 0 Å². The van der Waals surface area contributed by atoms with Gasteiger partial charge >= 0.3 is 0 Å². The predicted molar refractivity (Wildman–Crippen MR) is 55.4 cm³/mol. The van der Waals surface area contributed by atoms with Crippen molar-refractivity contribution < 1.29 is 0 Å². The lowest BCUT2D eigenvalue weighted by atomic mass is 9.30. The van der Waals surface area contributed by atoms with Gasteiger partial charge in [0, 0.05) is 22.7 Å². The van der Waals surface area contributed by atoms with Crippen molar-refractivity contribution in [2.24, 2.45) is 34.5 Å². The maximum atomic E-state index is 2.50. The molecule has 0 heteroatoms. The highest BCUT2D eigenvalue weighted by atomic mass is 14.8. The van der Waals surface area contributed by atoms with Crippen molar-refractivity contribution in [3.05, 3.63) is 48.6 Å². The fraction of sp³-hybridized carbons (Fsp3) is 0.429. The molecule has 6 atom stereocenters. The highest BCUT2D eigenvalue weighted by molar-refractivity contribution is 5.55. The first kappa shape index (κ1) is 6.44. The monoisotopic (exact) mass is 180 g/mol. The number of hydrogen-bond donors (Lipinski definition) is 0. The number of allylic oxidation sites excluding steroid dienone is 8. The lowest BCUT2D eigenvalue weighted by Gasteiger charge is -2.71. The van der Waals surface area contributed by atoms with E-state index in [1.807, 2.05) is 0 Å². The Bertz CT molecular complexity index is 420. The van der Waals surface area contributed by atoms with Crippen molar-refractivity contribution in [2.45, 2.75) is 0 Å². The molecule has 14 heavy (non-hydrogen) atoms. The summed E-state index contributed by atoms with van der Waals surface area (Å²) in [6, 6.07) is 0. The average molecular weight is 180 g/mol. The molecular weight excluding hydrogens is 168 g/mol. The van der Waals surface area contributed by atoms with Gasteiger partial charge in [-0.05, 0) is 11.8 Å². The van der Waals surface area contributed by atoms with E-state index >= 15 is 0 Å². The van der Waals surface area contributed by atoms with Gasteiger partial charge in [-0.1, -0.05) is 48.6 Å². The lowest BCUT2D eigenvalue weighted by molar-refractivity contribution is -0.138. The number of rotatable bonds is 0. The minimum Gasteiger partial charge on any atom is -0.0832 e. The summed E-state index contributed by atoms with van der Waals surface area (Å²) in [5, 5.41) is 0. The summed E-state index contributed by atoms with van der Waals surface area (Å²) < 4.78 is 0. The maximum Gasteiger partial charge on any atom is 0.0153 e. The van der Waals surface area contributed by atoms with Crippen LogP contribution in [0.15, 0.2) is 48.6 Å². The summed E-state index contributed by atoms with van der Waals surface area (Å²) in [5.41, 5.74) is 1.06. The Balaban J connectivity index is 1.81. The smallest absolute Gasteiger partial charge is 0.0153 e. The van der Waals surface area contributed by atoms with Crippen molar-refractivity contribution in [2.75, 3.05) is 0 Å². The van der Waals surface area contributed by atoms with Crippen LogP contribution in [-0.4, -0.2) is 0 Å². The summed E-state index contributed by atoms with van der Waals surface area (Å²) in [6.07, 6.45) is 19.6. The van der Waals surface area contributed by atoms with Crippen molar-refractivity contribution >= 4 is 0 Å². The van der Waals surface area contributed by atoms with E-state index < -0.39 is 0 Å². The molecule has 0 radical (unpaired) electrons. The minimum atomic E-state index is 0.528. The van der Waals surface area contributed by atoms with E-state index in [0.717, 1.165) is 23.7 Å². The van der Waals surface area contributed by atoms with Crippen molar-refractivity contribution in [3.63, 3.8) is 0 Å². The summed E-state index contributed by atoms with van der Waals surface area (Å²) >= 11 is 0. The second kappa shape index (κ2) is 1.50. The normalized spacial score (nSPS) is 67.4. The molecule has 0 saturated heterocycles. The third kappa shape index (κ3) is 0.324. The predicted octanol–water partition coefficient (Wildman–Crippen LogP) is 2.72. The number of hydrogen-bond acceptors (Lipinski definition) is 0. The zero-order valence-corrected chi connectivity index (χ0v) is 7.93. The molecule has 2 spiro atoms. The van der Waals surface area contributed by atoms with Crippen LogP contribution in [0.1, 0.15) is 0 Å². The Labute approximate surface area is 83.7 Å². The molecule has 5 rings (SSSR count). The van der Waals surface area contributed by atoms with Crippen LogP contribution in [0.25, 0.3) is 0 Å². The van der Waals surface area contributed by atoms with E-state index in [9.17, 15) is 0 Å². The molecule has 0 aliphatic heterocycles. The van der Waals surface area contributed by atoms with Gasteiger partial charge < -0.3 is 0 Å². The highest BCUT2D eigenvalue weighted by Gasteiger charge is 2.78. The summed E-state index contributed by atoms with van der Waals surface area (Å²) in [6.45, 7) is 0. The molecule has 0 aromatic rings. The van der Waals surface area contributed by atoms with Gasteiger partial charge in [0.05, 0.1) is 0 Å². The molecule has 68 valence electrons. The van der Waals surface area contributed by atoms with Crippen molar-refractivity contribution in [3.8, 4) is 0 Å². The van der Waals surface area contributed by atoms with Crippen LogP contribution in [0.5, 0.6) is 0 Å². The van der Waals surface area contributed by atoms with Gasteiger partial charge in [0.15, 0.2) is 0 Å². The maximum absolute atomic E-state index is 2.50. The SMILES string of the molecule is C1=CC2C3C=CC4C=CC43C23C=CC13. The standard InChI is InChI=1S/C14H12/c1-3-11-12-4-2-10-6-8-14(10,12)13(11)7-5-9(1)13/h1-12H. The molecule has 5 aliphatic rings.